The number of aliphatic imine (C=N–C) groups is 2. The van der Waals surface area contributed by atoms with Crippen LogP contribution in [0.25, 0.3) is 0 Å². The number of nitrogens with one attached hydrogen (secondary N) is 1. The van der Waals surface area contributed by atoms with E-state index in [0.717, 1.165) is 36.8 Å². The minimum atomic E-state index is -5.08. The molecule has 15 heteroatoms. The largest absolute Gasteiger partial charge is 0.490 e. The SMILES string of the molecule is NC(N)=NCCC[C@H](NC(=O)[C@@H]1C[C@@H]2CCCC[C@@H]2N1C(=O)[C@H]1Cc2ccccc2C=N1)C(=O)O.O=C(O)C(F)(F)F. The number of carbonyl (C=O) groups is 4. The van der Waals surface area contributed by atoms with E-state index in [1.807, 2.05) is 24.3 Å². The highest BCUT2D eigenvalue weighted by molar-refractivity contribution is 5.95. The summed E-state index contributed by atoms with van der Waals surface area (Å²) < 4.78 is 31.7. The Balaban J connectivity index is 0.000000616. The van der Waals surface area contributed by atoms with Crippen molar-refractivity contribution in [2.24, 2.45) is 27.4 Å². The van der Waals surface area contributed by atoms with Crippen LogP contribution in [-0.4, -0.2) is 87.9 Å². The molecule has 0 bridgehead atoms. The predicted molar refractivity (Wildman–Crippen MR) is 146 cm³/mol. The zero-order valence-electron chi connectivity index (χ0n) is 22.8. The van der Waals surface area contributed by atoms with Crippen LogP contribution < -0.4 is 16.8 Å². The summed E-state index contributed by atoms with van der Waals surface area (Å²) in [5.41, 5.74) is 12.7. The maximum atomic E-state index is 13.8. The Morgan fingerprint density at radius 3 is 2.43 bits per heavy atom. The Labute approximate surface area is 240 Å². The van der Waals surface area contributed by atoms with Crippen LogP contribution in [0, 0.1) is 5.92 Å². The van der Waals surface area contributed by atoms with Gasteiger partial charge in [0.1, 0.15) is 18.1 Å². The number of nitrogens with two attached hydrogens (primary N) is 2. The van der Waals surface area contributed by atoms with Crippen molar-refractivity contribution in [3.63, 3.8) is 0 Å². The number of rotatable bonds is 8. The molecule has 2 amide bonds. The second-order valence-electron chi connectivity index (χ2n) is 10.5. The van der Waals surface area contributed by atoms with Gasteiger partial charge in [-0.25, -0.2) is 9.59 Å². The minimum absolute atomic E-state index is 0.00971. The standard InChI is InChI=1S/C25H34N6O4.C2HF3O2/c26-25(27)28-11-5-9-18(24(34)35)30-22(32)21-13-16-7-3-4-10-20(16)31(21)23(33)19-12-15-6-1-2-8-17(15)14-29-19;3-2(4,5)1(6)7/h1-2,6,8,14,16,18-21H,3-5,7,9-13H2,(H,30,32)(H,34,35)(H4,26,27,28);(H,6,7)/t16-,18-,19+,20-,21-;/m0./s1. The summed E-state index contributed by atoms with van der Waals surface area (Å²) >= 11 is 0. The molecule has 7 N–H and O–H groups in total. The summed E-state index contributed by atoms with van der Waals surface area (Å²) in [5, 5.41) is 19.5. The minimum Gasteiger partial charge on any atom is -0.480 e. The van der Waals surface area contributed by atoms with Crippen molar-refractivity contribution in [2.75, 3.05) is 6.54 Å². The van der Waals surface area contributed by atoms with Crippen LogP contribution in [-0.2, 0) is 25.6 Å². The Morgan fingerprint density at radius 1 is 1.12 bits per heavy atom. The molecule has 3 aliphatic rings. The van der Waals surface area contributed by atoms with Crippen LogP contribution >= 0.6 is 0 Å². The molecule has 0 spiro atoms. The maximum absolute atomic E-state index is 13.8. The van der Waals surface area contributed by atoms with Crippen molar-refractivity contribution >= 4 is 35.9 Å². The number of carboxylic acids is 2. The molecule has 2 heterocycles. The lowest BCUT2D eigenvalue weighted by atomic mass is 9.84. The van der Waals surface area contributed by atoms with Crippen molar-refractivity contribution in [1.82, 2.24) is 10.2 Å². The molecular weight excluding hydrogens is 561 g/mol. The van der Waals surface area contributed by atoms with Crippen LogP contribution in [0.5, 0.6) is 0 Å². The Kier molecular flexibility index (Phi) is 10.9. The molecule has 1 aromatic carbocycles. The number of benzene rings is 1. The number of alkyl halides is 3. The van der Waals surface area contributed by atoms with E-state index in [-0.39, 0.29) is 36.8 Å². The Morgan fingerprint density at radius 2 is 1.79 bits per heavy atom. The lowest BCUT2D eigenvalue weighted by molar-refractivity contribution is -0.192. The number of hydrogen-bond acceptors (Lipinski definition) is 6. The molecule has 1 saturated carbocycles. The van der Waals surface area contributed by atoms with E-state index in [1.165, 1.54) is 0 Å². The van der Waals surface area contributed by atoms with E-state index in [9.17, 15) is 32.7 Å². The molecule has 42 heavy (non-hydrogen) atoms. The molecule has 0 radical (unpaired) electrons. The summed E-state index contributed by atoms with van der Waals surface area (Å²) in [6.45, 7) is 0.279. The van der Waals surface area contributed by atoms with Gasteiger partial charge in [-0.2, -0.15) is 13.2 Å². The summed E-state index contributed by atoms with van der Waals surface area (Å²) in [5.74, 6) is -4.26. The van der Waals surface area contributed by atoms with E-state index >= 15 is 0 Å². The molecule has 2 fully saturated rings. The molecule has 4 rings (SSSR count). The summed E-state index contributed by atoms with van der Waals surface area (Å²) in [6.07, 6.45) is 2.21. The number of carboxylic acid groups (broad SMARTS) is 2. The number of hydrogen-bond donors (Lipinski definition) is 5. The Bertz CT molecular complexity index is 1220. The van der Waals surface area contributed by atoms with Gasteiger partial charge in [0.15, 0.2) is 5.96 Å². The van der Waals surface area contributed by atoms with E-state index in [4.69, 9.17) is 21.4 Å². The number of nitrogens with zero attached hydrogens (tertiary/aromatic N) is 3. The molecule has 0 unspecified atom stereocenters. The highest BCUT2D eigenvalue weighted by Crippen LogP contribution is 2.40. The number of guanidine groups is 1. The normalized spacial score (nSPS) is 23.4. The molecule has 1 saturated heterocycles. The molecule has 5 atom stereocenters. The van der Waals surface area contributed by atoms with Gasteiger partial charge < -0.3 is 31.9 Å². The second-order valence-corrected chi connectivity index (χ2v) is 10.5. The lowest BCUT2D eigenvalue weighted by Crippen LogP contribution is -2.55. The second kappa shape index (κ2) is 14.1. The zero-order chi connectivity index (χ0) is 31.0. The highest BCUT2D eigenvalue weighted by Gasteiger charge is 2.49. The van der Waals surface area contributed by atoms with Gasteiger partial charge in [-0.1, -0.05) is 37.1 Å². The van der Waals surface area contributed by atoms with Gasteiger partial charge in [0.05, 0.1) is 0 Å². The quantitative estimate of drug-likeness (QED) is 0.169. The van der Waals surface area contributed by atoms with Gasteiger partial charge in [-0.15, -0.1) is 0 Å². The smallest absolute Gasteiger partial charge is 0.480 e. The number of likely N-dealkylation sites (tertiary alicyclic amines) is 1. The predicted octanol–water partition coefficient (Wildman–Crippen LogP) is 1.45. The average Bonchev–Trinajstić information content (AvgIpc) is 3.33. The van der Waals surface area contributed by atoms with Gasteiger partial charge in [0.2, 0.25) is 11.8 Å². The number of amides is 2. The lowest BCUT2D eigenvalue weighted by Gasteiger charge is -2.36. The van der Waals surface area contributed by atoms with E-state index in [0.29, 0.717) is 19.3 Å². The van der Waals surface area contributed by atoms with E-state index < -0.39 is 42.1 Å². The third kappa shape index (κ3) is 8.42. The topological polar surface area (TPSA) is 201 Å². The number of fused-ring (bicyclic) bond motifs is 2. The summed E-state index contributed by atoms with van der Waals surface area (Å²) in [7, 11) is 0. The molecular formula is C27H35F3N6O6. The van der Waals surface area contributed by atoms with E-state index in [1.54, 1.807) is 11.1 Å². The van der Waals surface area contributed by atoms with Crippen molar-refractivity contribution in [3.05, 3.63) is 35.4 Å². The first kappa shape index (κ1) is 32.3. The highest BCUT2D eigenvalue weighted by atomic mass is 19.4. The number of carbonyl (C=O) groups excluding carboxylic acids is 2. The van der Waals surface area contributed by atoms with Gasteiger partial charge in [-0.3, -0.25) is 19.6 Å². The van der Waals surface area contributed by atoms with Crippen molar-refractivity contribution in [1.29, 1.82) is 0 Å². The fourth-order valence-electron chi connectivity index (χ4n) is 5.64. The van der Waals surface area contributed by atoms with Crippen LogP contribution in [0.1, 0.15) is 56.1 Å². The monoisotopic (exact) mass is 596 g/mol. The fraction of sp³-hybridized carbons (Fsp3) is 0.556. The van der Waals surface area contributed by atoms with Crippen molar-refractivity contribution < 1.29 is 42.6 Å². The summed E-state index contributed by atoms with van der Waals surface area (Å²) in [6, 6.07) is 5.51. The molecule has 1 aromatic rings. The summed E-state index contributed by atoms with van der Waals surface area (Å²) in [4.78, 5) is 57.9. The molecule has 2 aliphatic heterocycles. The third-order valence-corrected chi connectivity index (χ3v) is 7.59. The van der Waals surface area contributed by atoms with E-state index in [2.05, 4.69) is 15.3 Å². The average molecular weight is 597 g/mol. The van der Waals surface area contributed by atoms with Gasteiger partial charge in [0, 0.05) is 25.2 Å². The molecule has 0 aromatic heterocycles. The zero-order valence-corrected chi connectivity index (χ0v) is 22.8. The van der Waals surface area contributed by atoms with Gasteiger partial charge in [-0.05, 0) is 49.1 Å². The van der Waals surface area contributed by atoms with Crippen molar-refractivity contribution in [2.45, 2.75) is 81.7 Å². The van der Waals surface area contributed by atoms with Crippen LogP contribution in [0.15, 0.2) is 34.3 Å². The first-order valence-electron chi connectivity index (χ1n) is 13.6. The van der Waals surface area contributed by atoms with Gasteiger partial charge in [0.25, 0.3) is 0 Å². The maximum Gasteiger partial charge on any atom is 0.490 e. The van der Waals surface area contributed by atoms with Crippen LogP contribution in [0.2, 0.25) is 0 Å². The molecule has 12 nitrogen and oxygen atoms in total. The fourth-order valence-corrected chi connectivity index (χ4v) is 5.64. The third-order valence-electron chi connectivity index (χ3n) is 7.59. The van der Waals surface area contributed by atoms with Crippen LogP contribution in [0.3, 0.4) is 0 Å². The van der Waals surface area contributed by atoms with Crippen LogP contribution in [0.4, 0.5) is 13.2 Å². The number of halogens is 3. The first-order chi connectivity index (χ1) is 19.8. The molecule has 1 aliphatic carbocycles. The Hall–Kier alpha value is -4.17. The number of aliphatic carboxylic acids is 2. The van der Waals surface area contributed by atoms with Crippen molar-refractivity contribution in [3.8, 4) is 0 Å². The van der Waals surface area contributed by atoms with Gasteiger partial charge >= 0.3 is 18.1 Å². The molecule has 230 valence electrons. The first-order valence-corrected chi connectivity index (χ1v) is 13.6.